The van der Waals surface area contributed by atoms with Gasteiger partial charge in [0.2, 0.25) is 6.79 Å². The molecule has 0 fully saturated rings. The van der Waals surface area contributed by atoms with E-state index >= 15 is 0 Å². The molecule has 0 radical (unpaired) electrons. The minimum absolute atomic E-state index is 0.257. The third-order valence-corrected chi connectivity index (χ3v) is 5.27. The van der Waals surface area contributed by atoms with Gasteiger partial charge in [0, 0.05) is 28.3 Å². The highest BCUT2D eigenvalue weighted by Gasteiger charge is 2.12. The van der Waals surface area contributed by atoms with E-state index in [1.165, 1.54) is 0 Å². The third-order valence-electron chi connectivity index (χ3n) is 5.27. The van der Waals surface area contributed by atoms with Crippen molar-refractivity contribution in [1.29, 1.82) is 0 Å². The molecule has 1 aliphatic heterocycles. The molecule has 0 unspecified atom stereocenters. The van der Waals surface area contributed by atoms with Gasteiger partial charge in [-0.05, 0) is 65.4 Å². The number of hydrogen-bond donors (Lipinski definition) is 0. The molecule has 0 amide bonds. The Balaban J connectivity index is 1.42. The summed E-state index contributed by atoms with van der Waals surface area (Å²) in [7, 11) is 3.25. The van der Waals surface area contributed by atoms with Crippen molar-refractivity contribution in [3.63, 3.8) is 0 Å². The molecule has 4 heteroatoms. The molecule has 0 bridgehead atoms. The highest BCUT2D eigenvalue weighted by atomic mass is 16.7. The fourth-order valence-corrected chi connectivity index (χ4v) is 3.54. The molecule has 0 spiro atoms. The van der Waals surface area contributed by atoms with Crippen LogP contribution in [0.4, 0.5) is 0 Å². The minimum atomic E-state index is 0.257. The average molecular weight is 432 g/mol. The maximum Gasteiger partial charge on any atom is 0.231 e. The van der Waals surface area contributed by atoms with Crippen molar-refractivity contribution in [3.05, 3.63) is 95.1 Å². The lowest BCUT2D eigenvalue weighted by Gasteiger charge is -2.04. The van der Waals surface area contributed by atoms with Crippen LogP contribution in [0.25, 0.3) is 10.8 Å². The molecule has 4 aromatic rings. The molecule has 4 aromatic carbocycles. The van der Waals surface area contributed by atoms with Crippen molar-refractivity contribution >= 4 is 10.8 Å². The molecule has 0 atom stereocenters. The maximum atomic E-state index is 5.43. The fraction of sp³-hybridized carbons (Fsp3) is 0.103. The van der Waals surface area contributed by atoms with E-state index in [0.717, 1.165) is 44.5 Å². The predicted molar refractivity (Wildman–Crippen MR) is 128 cm³/mol. The summed E-state index contributed by atoms with van der Waals surface area (Å²) < 4.78 is 21.4. The molecule has 0 N–H and O–H groups in total. The van der Waals surface area contributed by atoms with E-state index in [0.29, 0.717) is 11.5 Å². The SMILES string of the molecule is COc1cc(C#Cc2ccc3ccc(C#Cc4ccc5c(c4)OCO5)cc3c2)cc(OC)c1. The monoisotopic (exact) mass is 432 g/mol. The van der Waals surface area contributed by atoms with Gasteiger partial charge in [-0.25, -0.2) is 0 Å². The van der Waals surface area contributed by atoms with E-state index in [2.05, 4.69) is 47.9 Å². The summed E-state index contributed by atoms with van der Waals surface area (Å²) in [5, 5.41) is 2.22. The molecule has 0 aliphatic carbocycles. The first kappa shape index (κ1) is 20.4. The molecule has 4 nitrogen and oxygen atoms in total. The topological polar surface area (TPSA) is 36.9 Å². The van der Waals surface area contributed by atoms with Gasteiger partial charge in [-0.15, -0.1) is 0 Å². The van der Waals surface area contributed by atoms with Gasteiger partial charge in [-0.3, -0.25) is 0 Å². The summed E-state index contributed by atoms with van der Waals surface area (Å²) in [6, 6.07) is 23.7. The summed E-state index contributed by atoms with van der Waals surface area (Å²) in [5.41, 5.74) is 3.57. The van der Waals surface area contributed by atoms with Gasteiger partial charge in [0.1, 0.15) is 11.5 Å². The van der Waals surface area contributed by atoms with E-state index in [1.54, 1.807) is 14.2 Å². The zero-order chi connectivity index (χ0) is 22.6. The quantitative estimate of drug-likeness (QED) is 0.398. The second-order valence-electron chi connectivity index (χ2n) is 7.45. The Morgan fingerprint density at radius 3 is 1.73 bits per heavy atom. The van der Waals surface area contributed by atoms with Crippen LogP contribution >= 0.6 is 0 Å². The van der Waals surface area contributed by atoms with Crippen molar-refractivity contribution < 1.29 is 18.9 Å². The molecular weight excluding hydrogens is 412 g/mol. The number of rotatable bonds is 2. The molecular formula is C29H20O4. The number of fused-ring (bicyclic) bond motifs is 2. The summed E-state index contributed by atoms with van der Waals surface area (Å²) in [6.07, 6.45) is 0. The standard InChI is InChI=1S/C29H20O4/c1-30-26-15-23(16-27(18-26)31-2)6-5-21-8-11-24-10-7-20(13-25(24)14-21)3-4-22-9-12-28-29(17-22)33-19-32-28/h7-18H,19H2,1-2H3. The van der Waals surface area contributed by atoms with Crippen LogP contribution in [0.15, 0.2) is 72.8 Å². The van der Waals surface area contributed by atoms with E-state index < -0.39 is 0 Å². The maximum absolute atomic E-state index is 5.43. The lowest BCUT2D eigenvalue weighted by atomic mass is 10.0. The lowest BCUT2D eigenvalue weighted by Crippen LogP contribution is -1.92. The normalized spacial score (nSPS) is 11.2. The highest BCUT2D eigenvalue weighted by Crippen LogP contribution is 2.32. The van der Waals surface area contributed by atoms with Gasteiger partial charge in [0.25, 0.3) is 0 Å². The Morgan fingerprint density at radius 1 is 0.545 bits per heavy atom. The second-order valence-corrected chi connectivity index (χ2v) is 7.45. The molecule has 1 aliphatic rings. The Morgan fingerprint density at radius 2 is 1.09 bits per heavy atom. The summed E-state index contributed by atoms with van der Waals surface area (Å²) in [4.78, 5) is 0. The Hall–Kier alpha value is -4.54. The van der Waals surface area contributed by atoms with Gasteiger partial charge in [-0.1, -0.05) is 35.8 Å². The first-order valence-corrected chi connectivity index (χ1v) is 10.4. The molecule has 5 rings (SSSR count). The van der Waals surface area contributed by atoms with Crippen LogP contribution in [0.5, 0.6) is 23.0 Å². The van der Waals surface area contributed by atoms with Crippen molar-refractivity contribution in [1.82, 2.24) is 0 Å². The first-order valence-electron chi connectivity index (χ1n) is 10.4. The first-order chi connectivity index (χ1) is 16.2. The van der Waals surface area contributed by atoms with Gasteiger partial charge >= 0.3 is 0 Å². The molecule has 0 aromatic heterocycles. The van der Waals surface area contributed by atoms with Gasteiger partial charge < -0.3 is 18.9 Å². The molecule has 0 saturated heterocycles. The molecule has 160 valence electrons. The minimum Gasteiger partial charge on any atom is -0.497 e. The zero-order valence-electron chi connectivity index (χ0n) is 18.3. The third kappa shape index (κ3) is 4.56. The Kier molecular flexibility index (Phi) is 5.50. The van der Waals surface area contributed by atoms with E-state index in [1.807, 2.05) is 48.5 Å². The Bertz CT molecular complexity index is 1460. The fourth-order valence-electron chi connectivity index (χ4n) is 3.54. The number of hydrogen-bond acceptors (Lipinski definition) is 4. The zero-order valence-corrected chi connectivity index (χ0v) is 18.3. The van der Waals surface area contributed by atoms with Crippen LogP contribution in [0, 0.1) is 23.7 Å². The predicted octanol–water partition coefficient (Wildman–Crippen LogP) is 5.39. The van der Waals surface area contributed by atoms with Crippen LogP contribution in [0.2, 0.25) is 0 Å². The summed E-state index contributed by atoms with van der Waals surface area (Å²) in [6.45, 7) is 0.257. The van der Waals surface area contributed by atoms with Gasteiger partial charge in [-0.2, -0.15) is 0 Å². The van der Waals surface area contributed by atoms with E-state index in [4.69, 9.17) is 18.9 Å². The van der Waals surface area contributed by atoms with E-state index in [9.17, 15) is 0 Å². The van der Waals surface area contributed by atoms with Gasteiger partial charge in [0.05, 0.1) is 14.2 Å². The summed E-state index contributed by atoms with van der Waals surface area (Å²) in [5.74, 6) is 15.8. The van der Waals surface area contributed by atoms with Crippen LogP contribution in [-0.2, 0) is 0 Å². The van der Waals surface area contributed by atoms with Crippen molar-refractivity contribution in [3.8, 4) is 46.7 Å². The van der Waals surface area contributed by atoms with Crippen LogP contribution < -0.4 is 18.9 Å². The van der Waals surface area contributed by atoms with Gasteiger partial charge in [0.15, 0.2) is 11.5 Å². The lowest BCUT2D eigenvalue weighted by molar-refractivity contribution is 0.174. The molecule has 0 saturated carbocycles. The van der Waals surface area contributed by atoms with Crippen LogP contribution in [-0.4, -0.2) is 21.0 Å². The van der Waals surface area contributed by atoms with Crippen LogP contribution in [0.1, 0.15) is 22.3 Å². The molecule has 33 heavy (non-hydrogen) atoms. The largest absolute Gasteiger partial charge is 0.497 e. The van der Waals surface area contributed by atoms with E-state index in [-0.39, 0.29) is 6.79 Å². The summed E-state index contributed by atoms with van der Waals surface area (Å²) >= 11 is 0. The molecule has 1 heterocycles. The number of methoxy groups -OCH3 is 2. The number of ether oxygens (including phenoxy) is 4. The average Bonchev–Trinajstić information content (AvgIpc) is 3.33. The number of benzene rings is 4. The Labute approximate surface area is 192 Å². The highest BCUT2D eigenvalue weighted by molar-refractivity contribution is 5.85. The smallest absolute Gasteiger partial charge is 0.231 e. The van der Waals surface area contributed by atoms with Crippen molar-refractivity contribution in [2.45, 2.75) is 0 Å². The second kappa shape index (κ2) is 8.91. The van der Waals surface area contributed by atoms with Crippen LogP contribution in [0.3, 0.4) is 0 Å². The van der Waals surface area contributed by atoms with Crippen molar-refractivity contribution in [2.75, 3.05) is 21.0 Å². The van der Waals surface area contributed by atoms with Crippen molar-refractivity contribution in [2.24, 2.45) is 0 Å².